The predicted molar refractivity (Wildman–Crippen MR) is 157 cm³/mol. The molecule has 0 spiro atoms. The Kier molecular flexibility index (Phi) is 14.8. The molecule has 0 radical (unpaired) electrons. The van der Waals surface area contributed by atoms with E-state index in [2.05, 4.69) is 10.6 Å². The first-order chi connectivity index (χ1) is 24.1. The second-order valence-electron chi connectivity index (χ2n) is 12.6. The molecule has 14 N–H and O–H groups in total. The van der Waals surface area contributed by atoms with Gasteiger partial charge >= 0.3 is 0 Å². The molecule has 0 aromatic heterocycles. The van der Waals surface area contributed by atoms with E-state index in [1.807, 2.05) is 0 Å². The van der Waals surface area contributed by atoms with Gasteiger partial charge in [0.25, 0.3) is 0 Å². The normalized spacial score (nSPS) is 47.8. The average molecular weight is 749 g/mol. The number of aliphatic hydroxyl groups excluding tert-OH is 12. The zero-order valence-corrected chi connectivity index (χ0v) is 27.4. The van der Waals surface area contributed by atoms with Gasteiger partial charge in [-0.1, -0.05) is 0 Å². The second-order valence-corrected chi connectivity index (χ2v) is 12.6. The average Bonchev–Trinajstić information content (AvgIpc) is 3.09. The Morgan fingerprint density at radius 2 is 0.922 bits per heavy atom. The Morgan fingerprint density at radius 1 is 0.471 bits per heavy atom. The fourth-order valence-corrected chi connectivity index (χ4v) is 6.28. The molecule has 0 bridgehead atoms. The lowest BCUT2D eigenvalue weighted by Gasteiger charge is -2.50. The third kappa shape index (κ3) is 9.11. The zero-order chi connectivity index (χ0) is 37.9. The number of amides is 2. The summed E-state index contributed by atoms with van der Waals surface area (Å²) in [6.45, 7) is -1.26. The van der Waals surface area contributed by atoms with E-state index in [0.717, 1.165) is 13.8 Å². The summed E-state index contributed by atoms with van der Waals surface area (Å²) in [6, 6.07) is -1.62. The molecule has 4 aliphatic heterocycles. The molecular formula is C28H48N2O21. The fraction of sp³-hybridized carbons (Fsp3) is 0.929. The standard InChI is InChI=1S/C28H48N2O21/c1-7(35)29-13-16(39)22(49-27-20(43)17(40)14(37)9(3-31)46-27)12(6-34)48-26(13)51-24-15(38)10(4-32)47-28(21(24)44)50-23-11(5-33)45-25(30-8(2)36)19(42)18(23)41/h9-28,31-34,37-44H,3-6H2,1-2H3,(H,29,35)(H,30,36)/t9-,10-,11-,12-,13-,14+,15+,16-,17+,18-,19-,20-,21-,22-,23-,24+,25+,26+,27+,28+/m1/s1. The maximum absolute atomic E-state index is 12.2. The van der Waals surface area contributed by atoms with E-state index in [1.165, 1.54) is 0 Å². The van der Waals surface area contributed by atoms with Crippen molar-refractivity contribution in [2.24, 2.45) is 0 Å². The molecule has 0 unspecified atom stereocenters. The van der Waals surface area contributed by atoms with Gasteiger partial charge in [-0.3, -0.25) is 9.59 Å². The van der Waals surface area contributed by atoms with Crippen molar-refractivity contribution in [3.05, 3.63) is 0 Å². The van der Waals surface area contributed by atoms with Crippen LogP contribution in [0.15, 0.2) is 0 Å². The van der Waals surface area contributed by atoms with Gasteiger partial charge < -0.3 is 105 Å². The lowest BCUT2D eigenvalue weighted by Crippen LogP contribution is -2.70. The molecule has 4 heterocycles. The minimum Gasteiger partial charge on any atom is -0.394 e. The van der Waals surface area contributed by atoms with Gasteiger partial charge in [0.2, 0.25) is 11.8 Å². The van der Waals surface area contributed by atoms with Gasteiger partial charge in [-0.15, -0.1) is 0 Å². The zero-order valence-electron chi connectivity index (χ0n) is 27.4. The maximum atomic E-state index is 12.2. The van der Waals surface area contributed by atoms with Crippen LogP contribution in [0, 0.1) is 0 Å². The summed E-state index contributed by atoms with van der Waals surface area (Å²) in [5.41, 5.74) is 0. The van der Waals surface area contributed by atoms with Crippen LogP contribution in [-0.2, 0) is 42.7 Å². The molecular weight excluding hydrogens is 700 g/mol. The third-order valence-electron chi connectivity index (χ3n) is 8.98. The number of rotatable bonds is 12. The van der Waals surface area contributed by atoms with Crippen LogP contribution in [0.1, 0.15) is 13.8 Å². The van der Waals surface area contributed by atoms with Crippen molar-refractivity contribution in [3.63, 3.8) is 0 Å². The Morgan fingerprint density at radius 3 is 1.45 bits per heavy atom. The summed E-state index contributed by atoms with van der Waals surface area (Å²) < 4.78 is 39.2. The van der Waals surface area contributed by atoms with Crippen LogP contribution < -0.4 is 10.6 Å². The monoisotopic (exact) mass is 748 g/mol. The molecule has 0 aliphatic carbocycles. The smallest absolute Gasteiger partial charge is 0.218 e. The minimum absolute atomic E-state index is 0.629. The van der Waals surface area contributed by atoms with Crippen molar-refractivity contribution in [1.82, 2.24) is 10.6 Å². The van der Waals surface area contributed by atoms with Crippen molar-refractivity contribution in [1.29, 1.82) is 0 Å². The highest BCUT2D eigenvalue weighted by atomic mass is 16.8. The van der Waals surface area contributed by atoms with Crippen LogP contribution in [0.4, 0.5) is 0 Å². The van der Waals surface area contributed by atoms with Crippen LogP contribution in [0.3, 0.4) is 0 Å². The van der Waals surface area contributed by atoms with E-state index in [4.69, 9.17) is 33.2 Å². The van der Waals surface area contributed by atoms with Crippen molar-refractivity contribution < 1.29 is 104 Å². The highest BCUT2D eigenvalue weighted by Crippen LogP contribution is 2.34. The summed E-state index contributed by atoms with van der Waals surface area (Å²) in [4.78, 5) is 23.7. The van der Waals surface area contributed by atoms with Gasteiger partial charge in [-0.05, 0) is 0 Å². The van der Waals surface area contributed by atoms with Gasteiger partial charge in [0.05, 0.1) is 26.4 Å². The van der Waals surface area contributed by atoms with Gasteiger partial charge in [0.15, 0.2) is 25.1 Å². The molecule has 51 heavy (non-hydrogen) atoms. The highest BCUT2D eigenvalue weighted by Gasteiger charge is 2.55. The van der Waals surface area contributed by atoms with E-state index in [1.54, 1.807) is 0 Å². The molecule has 0 saturated carbocycles. The molecule has 0 aromatic rings. The molecule has 23 heteroatoms. The number of carbonyl (C=O) groups is 2. The van der Waals surface area contributed by atoms with Crippen molar-refractivity contribution in [2.75, 3.05) is 26.4 Å². The van der Waals surface area contributed by atoms with Crippen molar-refractivity contribution in [3.8, 4) is 0 Å². The summed E-state index contributed by atoms with van der Waals surface area (Å²) in [5, 5.41) is 130. The number of nitrogens with one attached hydrogen (secondary N) is 2. The Hall–Kier alpha value is -1.82. The molecule has 2 amide bonds. The van der Waals surface area contributed by atoms with Crippen LogP contribution in [-0.4, -0.2) is 222 Å². The van der Waals surface area contributed by atoms with Crippen molar-refractivity contribution >= 4 is 11.8 Å². The molecule has 20 atom stereocenters. The molecule has 0 aromatic carbocycles. The van der Waals surface area contributed by atoms with Gasteiger partial charge in [0, 0.05) is 13.8 Å². The second kappa shape index (κ2) is 18.0. The van der Waals surface area contributed by atoms with Gasteiger partial charge in [-0.25, -0.2) is 0 Å². The Bertz CT molecular complexity index is 1140. The first-order valence-electron chi connectivity index (χ1n) is 16.1. The summed E-state index contributed by atoms with van der Waals surface area (Å²) in [7, 11) is 0. The molecule has 296 valence electrons. The molecule has 4 rings (SSSR count). The minimum atomic E-state index is -2.03. The molecule has 4 fully saturated rings. The topological polar surface area (TPSA) is 366 Å². The van der Waals surface area contributed by atoms with Gasteiger partial charge in [0.1, 0.15) is 97.6 Å². The summed E-state index contributed by atoms with van der Waals surface area (Å²) in [6.07, 6.45) is -33.0. The van der Waals surface area contributed by atoms with E-state index < -0.39 is 161 Å². The van der Waals surface area contributed by atoms with E-state index >= 15 is 0 Å². The number of ether oxygens (including phenoxy) is 7. The number of carbonyl (C=O) groups excluding carboxylic acids is 2. The van der Waals surface area contributed by atoms with Crippen LogP contribution in [0.25, 0.3) is 0 Å². The lowest BCUT2D eigenvalue weighted by atomic mass is 9.94. The quantitative estimate of drug-likeness (QED) is 0.0881. The molecule has 4 saturated heterocycles. The van der Waals surface area contributed by atoms with E-state index in [9.17, 15) is 70.9 Å². The lowest BCUT2D eigenvalue weighted by molar-refractivity contribution is -0.376. The number of hydrogen-bond acceptors (Lipinski definition) is 21. The maximum Gasteiger partial charge on any atom is 0.218 e. The largest absolute Gasteiger partial charge is 0.394 e. The predicted octanol–water partition coefficient (Wildman–Crippen LogP) is -9.46. The van der Waals surface area contributed by atoms with Crippen LogP contribution in [0.2, 0.25) is 0 Å². The van der Waals surface area contributed by atoms with E-state index in [-0.39, 0.29) is 0 Å². The SMILES string of the molecule is CC(=O)N[C@H]1[C@H](O[C@H]2[C@@H](O)[C@@H](CO)O[C@@H](O[C@H]3[C@H](O)[C@@H](O)[C@@H](NC(C)=O)O[C@@H]3CO)[C@@H]2O)O[C@H](CO)[C@@H](O[C@@H]2O[C@H](CO)[C@H](O)[C@H](O)[C@H]2O)[C@@H]1O. The number of aliphatic hydroxyl groups is 12. The van der Waals surface area contributed by atoms with Crippen LogP contribution >= 0.6 is 0 Å². The summed E-state index contributed by atoms with van der Waals surface area (Å²) >= 11 is 0. The molecule has 4 aliphatic rings. The first-order valence-corrected chi connectivity index (χ1v) is 16.1. The van der Waals surface area contributed by atoms with Crippen LogP contribution in [0.5, 0.6) is 0 Å². The summed E-state index contributed by atoms with van der Waals surface area (Å²) in [5.74, 6) is -1.39. The van der Waals surface area contributed by atoms with Crippen molar-refractivity contribution in [2.45, 2.75) is 137 Å². The number of hydrogen-bond donors (Lipinski definition) is 14. The fourth-order valence-electron chi connectivity index (χ4n) is 6.28. The highest BCUT2D eigenvalue weighted by molar-refractivity contribution is 5.73. The van der Waals surface area contributed by atoms with E-state index in [0.29, 0.717) is 0 Å². The third-order valence-corrected chi connectivity index (χ3v) is 8.98. The molecule has 23 nitrogen and oxygen atoms in total. The Labute approximate surface area is 289 Å². The van der Waals surface area contributed by atoms with Gasteiger partial charge in [-0.2, -0.15) is 0 Å². The Balaban J connectivity index is 1.55. The first kappa shape index (κ1) is 41.9.